The van der Waals surface area contributed by atoms with Crippen LogP contribution in [0.2, 0.25) is 0 Å². The molecule has 20 heavy (non-hydrogen) atoms. The maximum Gasteiger partial charge on any atom is 0.328 e. The van der Waals surface area contributed by atoms with Crippen molar-refractivity contribution >= 4 is 29.3 Å². The molecule has 0 bridgehead atoms. The van der Waals surface area contributed by atoms with E-state index in [0.717, 1.165) is 17.4 Å². The fourth-order valence-electron chi connectivity index (χ4n) is 2.11. The highest BCUT2D eigenvalue weighted by Crippen LogP contribution is 2.22. The molecule has 1 saturated heterocycles. The van der Waals surface area contributed by atoms with Crippen molar-refractivity contribution < 1.29 is 19.4 Å². The number of hydrogen-bond donors (Lipinski definition) is 1. The van der Waals surface area contributed by atoms with Crippen LogP contribution in [0.4, 0.5) is 0 Å². The highest BCUT2D eigenvalue weighted by atomic mass is 32.1. The predicted octanol–water partition coefficient (Wildman–Crippen LogP) is 2.10. The molecule has 1 aliphatic heterocycles. The Labute approximate surface area is 121 Å². The molecule has 108 valence electrons. The van der Waals surface area contributed by atoms with Crippen molar-refractivity contribution in [3.05, 3.63) is 28.0 Å². The number of amides is 1. The molecule has 0 saturated carbocycles. The Morgan fingerprint density at radius 2 is 2.35 bits per heavy atom. The first-order valence-electron chi connectivity index (χ1n) is 6.51. The summed E-state index contributed by atoms with van der Waals surface area (Å²) in [5, 5.41) is 8.59. The summed E-state index contributed by atoms with van der Waals surface area (Å²) in [4.78, 5) is 26.2. The summed E-state index contributed by atoms with van der Waals surface area (Å²) in [5.41, 5.74) is 0. The summed E-state index contributed by atoms with van der Waals surface area (Å²) in [6.45, 7) is 3.80. The molecular weight excluding hydrogens is 278 g/mol. The van der Waals surface area contributed by atoms with Gasteiger partial charge >= 0.3 is 5.97 Å². The normalized spacial score (nSPS) is 19.4. The Morgan fingerprint density at radius 1 is 1.55 bits per heavy atom. The number of morpholine rings is 1. The van der Waals surface area contributed by atoms with E-state index in [1.807, 2.05) is 11.8 Å². The number of nitrogens with zero attached hydrogens (tertiary/aromatic N) is 1. The van der Waals surface area contributed by atoms with E-state index in [1.165, 1.54) is 17.4 Å². The Morgan fingerprint density at radius 3 is 3.05 bits per heavy atom. The molecule has 0 aliphatic carbocycles. The third-order valence-corrected chi connectivity index (χ3v) is 4.23. The monoisotopic (exact) mass is 295 g/mol. The molecule has 0 aromatic carbocycles. The molecule has 0 spiro atoms. The molecule has 1 aromatic heterocycles. The minimum atomic E-state index is -0.995. The number of carbonyl (C=O) groups is 2. The van der Waals surface area contributed by atoms with Crippen LogP contribution in [0, 0.1) is 0 Å². The fourth-order valence-corrected chi connectivity index (χ4v) is 2.98. The van der Waals surface area contributed by atoms with Gasteiger partial charge in [-0.3, -0.25) is 4.79 Å². The minimum Gasteiger partial charge on any atom is -0.478 e. The topological polar surface area (TPSA) is 66.8 Å². The molecule has 1 fully saturated rings. The van der Waals surface area contributed by atoms with E-state index < -0.39 is 5.97 Å². The van der Waals surface area contributed by atoms with Gasteiger partial charge in [0.05, 0.1) is 24.1 Å². The van der Waals surface area contributed by atoms with Gasteiger partial charge in [0.1, 0.15) is 0 Å². The lowest BCUT2D eigenvalue weighted by Gasteiger charge is -2.34. The van der Waals surface area contributed by atoms with E-state index in [0.29, 0.717) is 24.6 Å². The van der Waals surface area contributed by atoms with Crippen LogP contribution < -0.4 is 0 Å². The van der Waals surface area contributed by atoms with Gasteiger partial charge in [-0.2, -0.15) is 0 Å². The molecular formula is C14H17NO4S. The van der Waals surface area contributed by atoms with Gasteiger partial charge in [-0.15, -0.1) is 11.3 Å². The number of ether oxygens (including phenoxy) is 1. The predicted molar refractivity (Wildman–Crippen MR) is 76.9 cm³/mol. The number of hydrogen-bond acceptors (Lipinski definition) is 4. The van der Waals surface area contributed by atoms with Crippen LogP contribution in [0.15, 0.2) is 18.2 Å². The second kappa shape index (κ2) is 6.67. The van der Waals surface area contributed by atoms with E-state index >= 15 is 0 Å². The Hall–Kier alpha value is -1.66. The summed E-state index contributed by atoms with van der Waals surface area (Å²) >= 11 is 1.31. The minimum absolute atomic E-state index is 0.000116. The first kappa shape index (κ1) is 14.7. The SMILES string of the molecule is CCC1COCCN1C(=O)c1ccc(C=CC(=O)O)s1. The smallest absolute Gasteiger partial charge is 0.328 e. The van der Waals surface area contributed by atoms with E-state index in [2.05, 4.69) is 0 Å². The van der Waals surface area contributed by atoms with Crippen LogP contribution in [0.25, 0.3) is 6.08 Å². The Balaban J connectivity index is 2.10. The molecule has 5 nitrogen and oxygen atoms in total. The first-order valence-corrected chi connectivity index (χ1v) is 7.33. The number of carbonyl (C=O) groups excluding carboxylic acids is 1. The van der Waals surface area contributed by atoms with Crippen molar-refractivity contribution in [2.24, 2.45) is 0 Å². The summed E-state index contributed by atoms with van der Waals surface area (Å²) in [6.07, 6.45) is 3.44. The van der Waals surface area contributed by atoms with E-state index in [9.17, 15) is 9.59 Å². The van der Waals surface area contributed by atoms with Gasteiger partial charge < -0.3 is 14.7 Å². The summed E-state index contributed by atoms with van der Waals surface area (Å²) in [5.74, 6) is -0.995. The van der Waals surface area contributed by atoms with Crippen molar-refractivity contribution in [1.29, 1.82) is 0 Å². The Kier molecular flexibility index (Phi) is 4.92. The van der Waals surface area contributed by atoms with E-state index in [4.69, 9.17) is 9.84 Å². The summed E-state index contributed by atoms with van der Waals surface area (Å²) < 4.78 is 5.39. The number of thiophene rings is 1. The van der Waals surface area contributed by atoms with Crippen LogP contribution in [0.3, 0.4) is 0 Å². The molecule has 1 aromatic rings. The molecule has 6 heteroatoms. The summed E-state index contributed by atoms with van der Waals surface area (Å²) in [7, 11) is 0. The van der Waals surface area contributed by atoms with Crippen LogP contribution in [-0.4, -0.2) is 47.7 Å². The number of carboxylic acid groups (broad SMARTS) is 1. The van der Waals surface area contributed by atoms with Crippen LogP contribution in [0.1, 0.15) is 27.9 Å². The summed E-state index contributed by atoms with van der Waals surface area (Å²) in [6, 6.07) is 3.63. The van der Waals surface area contributed by atoms with Gasteiger partial charge in [-0.05, 0) is 24.6 Å². The quantitative estimate of drug-likeness (QED) is 0.864. The van der Waals surface area contributed by atoms with Gasteiger partial charge in [-0.25, -0.2) is 4.79 Å². The zero-order chi connectivity index (χ0) is 14.5. The van der Waals surface area contributed by atoms with E-state index in [-0.39, 0.29) is 11.9 Å². The molecule has 2 rings (SSSR count). The standard InChI is InChI=1S/C14H17NO4S/c1-2-10-9-19-8-7-15(10)14(18)12-5-3-11(20-12)4-6-13(16)17/h3-6,10H,2,7-9H2,1H3,(H,16,17). The zero-order valence-electron chi connectivity index (χ0n) is 11.2. The molecule has 1 atom stereocenters. The van der Waals surface area contributed by atoms with Crippen LogP contribution >= 0.6 is 11.3 Å². The van der Waals surface area contributed by atoms with Crippen molar-refractivity contribution in [2.75, 3.05) is 19.8 Å². The second-order valence-corrected chi connectivity index (χ2v) is 5.62. The number of carboxylic acids is 1. The lowest BCUT2D eigenvalue weighted by Crippen LogP contribution is -2.48. The van der Waals surface area contributed by atoms with Gasteiger partial charge in [0, 0.05) is 17.5 Å². The van der Waals surface area contributed by atoms with Gasteiger partial charge in [0.25, 0.3) is 5.91 Å². The molecule has 1 aliphatic rings. The Bertz CT molecular complexity index is 523. The van der Waals surface area contributed by atoms with Gasteiger partial charge in [0.2, 0.25) is 0 Å². The lowest BCUT2D eigenvalue weighted by atomic mass is 10.1. The zero-order valence-corrected chi connectivity index (χ0v) is 12.1. The van der Waals surface area contributed by atoms with E-state index in [1.54, 1.807) is 12.1 Å². The van der Waals surface area contributed by atoms with Gasteiger partial charge in [-0.1, -0.05) is 6.92 Å². The van der Waals surface area contributed by atoms with Crippen LogP contribution in [0.5, 0.6) is 0 Å². The maximum absolute atomic E-state index is 12.5. The third kappa shape index (κ3) is 3.46. The van der Waals surface area contributed by atoms with Crippen molar-refractivity contribution in [1.82, 2.24) is 4.90 Å². The first-order chi connectivity index (χ1) is 9.61. The van der Waals surface area contributed by atoms with Crippen molar-refractivity contribution in [3.63, 3.8) is 0 Å². The fraction of sp³-hybridized carbons (Fsp3) is 0.429. The largest absolute Gasteiger partial charge is 0.478 e. The average Bonchev–Trinajstić information content (AvgIpc) is 2.93. The molecule has 1 amide bonds. The molecule has 1 N–H and O–H groups in total. The van der Waals surface area contributed by atoms with Crippen molar-refractivity contribution in [2.45, 2.75) is 19.4 Å². The molecule has 1 unspecified atom stereocenters. The third-order valence-electron chi connectivity index (χ3n) is 3.19. The molecule has 2 heterocycles. The van der Waals surface area contributed by atoms with Crippen LogP contribution in [-0.2, 0) is 9.53 Å². The highest BCUT2D eigenvalue weighted by molar-refractivity contribution is 7.14. The second-order valence-electron chi connectivity index (χ2n) is 4.51. The number of aliphatic carboxylic acids is 1. The van der Waals surface area contributed by atoms with Crippen molar-refractivity contribution in [3.8, 4) is 0 Å². The van der Waals surface area contributed by atoms with Gasteiger partial charge in [0.15, 0.2) is 0 Å². The molecule has 0 radical (unpaired) electrons. The maximum atomic E-state index is 12.5. The number of rotatable bonds is 4. The lowest BCUT2D eigenvalue weighted by molar-refractivity contribution is -0.131. The highest BCUT2D eigenvalue weighted by Gasteiger charge is 2.27. The average molecular weight is 295 g/mol.